The maximum Gasteiger partial charge on any atom is 0.251 e. The predicted octanol–water partition coefficient (Wildman–Crippen LogP) is 2.89. The van der Waals surface area contributed by atoms with Crippen LogP contribution in [0.4, 0.5) is 0 Å². The van der Waals surface area contributed by atoms with Gasteiger partial charge in [0.15, 0.2) is 0 Å². The molecule has 2 N–H and O–H groups in total. The second kappa shape index (κ2) is 6.96. The molecule has 0 radical (unpaired) electrons. The number of hydrogen-bond acceptors (Lipinski definition) is 5. The maximum atomic E-state index is 12.4. The van der Waals surface area contributed by atoms with Crippen molar-refractivity contribution in [3.63, 3.8) is 0 Å². The Hall–Kier alpha value is -2.21. The Kier molecular flexibility index (Phi) is 4.53. The molecule has 1 aromatic carbocycles. The molecule has 2 aromatic rings. The average molecular weight is 341 g/mol. The molecule has 132 valence electrons. The fourth-order valence-corrected chi connectivity index (χ4v) is 3.40. The van der Waals surface area contributed by atoms with E-state index in [1.54, 1.807) is 12.1 Å². The quantitative estimate of drug-likeness (QED) is 0.873. The van der Waals surface area contributed by atoms with E-state index in [4.69, 9.17) is 4.52 Å². The normalized spacial score (nSPS) is 23.4. The summed E-state index contributed by atoms with van der Waals surface area (Å²) < 4.78 is 5.29. The van der Waals surface area contributed by atoms with E-state index >= 15 is 0 Å². The van der Waals surface area contributed by atoms with Gasteiger partial charge in [-0.2, -0.15) is 4.98 Å². The van der Waals surface area contributed by atoms with Gasteiger partial charge in [-0.05, 0) is 37.8 Å². The van der Waals surface area contributed by atoms with E-state index in [-0.39, 0.29) is 17.9 Å². The molecule has 2 atom stereocenters. The van der Waals surface area contributed by atoms with Crippen molar-refractivity contribution in [2.24, 2.45) is 5.92 Å². The third-order valence-electron chi connectivity index (χ3n) is 5.15. The Morgan fingerprint density at radius 1 is 1.24 bits per heavy atom. The van der Waals surface area contributed by atoms with Gasteiger partial charge < -0.3 is 14.9 Å². The van der Waals surface area contributed by atoms with Crippen LogP contribution in [0.2, 0.25) is 0 Å². The number of carbonyl (C=O) groups is 1. The van der Waals surface area contributed by atoms with Crippen molar-refractivity contribution in [2.45, 2.75) is 50.5 Å². The Labute approximate surface area is 146 Å². The minimum atomic E-state index is -0.305. The van der Waals surface area contributed by atoms with Crippen molar-refractivity contribution < 1.29 is 14.4 Å². The van der Waals surface area contributed by atoms with E-state index in [0.29, 0.717) is 29.7 Å². The molecule has 1 aromatic heterocycles. The zero-order chi connectivity index (χ0) is 17.2. The molecular formula is C19H23N3O3. The fraction of sp³-hybridized carbons (Fsp3) is 0.526. The van der Waals surface area contributed by atoms with Crippen LogP contribution in [0.5, 0.6) is 0 Å². The highest BCUT2D eigenvalue weighted by atomic mass is 16.5. The lowest BCUT2D eigenvalue weighted by atomic mass is 9.86. The first kappa shape index (κ1) is 16.3. The van der Waals surface area contributed by atoms with Gasteiger partial charge in [0, 0.05) is 29.5 Å². The van der Waals surface area contributed by atoms with Gasteiger partial charge in [0.1, 0.15) is 0 Å². The first-order valence-electron chi connectivity index (χ1n) is 9.11. The molecule has 6 heteroatoms. The number of aliphatic hydroxyl groups excluding tert-OH is 1. The number of nitrogens with one attached hydrogen (secondary N) is 1. The van der Waals surface area contributed by atoms with Crippen LogP contribution in [0.15, 0.2) is 28.8 Å². The molecule has 6 nitrogen and oxygen atoms in total. The molecule has 4 rings (SSSR count). The Morgan fingerprint density at radius 3 is 2.88 bits per heavy atom. The van der Waals surface area contributed by atoms with Gasteiger partial charge in [0.25, 0.3) is 5.91 Å². The zero-order valence-electron chi connectivity index (χ0n) is 14.1. The molecule has 25 heavy (non-hydrogen) atoms. The molecule has 0 saturated heterocycles. The van der Waals surface area contributed by atoms with E-state index in [1.165, 1.54) is 0 Å². The summed E-state index contributed by atoms with van der Waals surface area (Å²) in [5.41, 5.74) is 1.35. The lowest BCUT2D eigenvalue weighted by Gasteiger charge is -2.27. The molecule has 0 aliphatic heterocycles. The minimum absolute atomic E-state index is 0.134. The van der Waals surface area contributed by atoms with Crippen molar-refractivity contribution in [1.29, 1.82) is 0 Å². The molecule has 2 aliphatic carbocycles. The monoisotopic (exact) mass is 341 g/mol. The molecule has 0 bridgehead atoms. The maximum absolute atomic E-state index is 12.4. The fourth-order valence-electron chi connectivity index (χ4n) is 3.40. The van der Waals surface area contributed by atoms with E-state index in [2.05, 4.69) is 15.5 Å². The highest BCUT2D eigenvalue weighted by Crippen LogP contribution is 2.39. The second-order valence-electron chi connectivity index (χ2n) is 7.13. The van der Waals surface area contributed by atoms with Crippen LogP contribution < -0.4 is 5.32 Å². The number of amides is 1. The molecule has 1 amide bonds. The average Bonchev–Trinajstić information content (AvgIpc) is 3.38. The number of aromatic nitrogens is 2. The Morgan fingerprint density at radius 2 is 2.08 bits per heavy atom. The number of carbonyl (C=O) groups excluding carboxylic acids is 1. The topological polar surface area (TPSA) is 88.2 Å². The van der Waals surface area contributed by atoms with E-state index in [9.17, 15) is 9.90 Å². The first-order valence-corrected chi connectivity index (χ1v) is 9.11. The summed E-state index contributed by atoms with van der Waals surface area (Å²) in [7, 11) is 0. The van der Waals surface area contributed by atoms with E-state index < -0.39 is 0 Å². The standard InChI is InChI=1S/C19H23N3O3/c23-16-7-2-1-4-15(16)11-20-18(24)14-6-3-5-13(10-14)17-21-19(25-22-17)12-8-9-12/h3,5-6,10,12,15-16,23H,1-2,4,7-9,11H2,(H,20,24)/t15-,16-/m1/s1. The number of hydrogen-bond donors (Lipinski definition) is 2. The number of nitrogens with zero attached hydrogens (tertiary/aromatic N) is 2. The number of aliphatic hydroxyl groups is 1. The Bertz CT molecular complexity index is 754. The summed E-state index contributed by atoms with van der Waals surface area (Å²) in [5.74, 6) is 1.65. The first-order chi connectivity index (χ1) is 12.2. The van der Waals surface area contributed by atoms with Crippen molar-refractivity contribution in [3.8, 4) is 11.4 Å². The molecule has 2 aliphatic rings. The van der Waals surface area contributed by atoms with Gasteiger partial charge in [-0.3, -0.25) is 4.79 Å². The molecule has 0 unspecified atom stereocenters. The largest absolute Gasteiger partial charge is 0.393 e. The number of benzene rings is 1. The SMILES string of the molecule is O=C(NC[C@H]1CCCC[C@H]1O)c1cccc(-c2noc(C3CC3)n2)c1. The van der Waals surface area contributed by atoms with Gasteiger partial charge in [-0.1, -0.05) is 30.1 Å². The Balaban J connectivity index is 1.42. The highest BCUT2D eigenvalue weighted by Gasteiger charge is 2.30. The van der Waals surface area contributed by atoms with Crippen LogP contribution in [0.3, 0.4) is 0 Å². The predicted molar refractivity (Wildman–Crippen MR) is 92.0 cm³/mol. The van der Waals surface area contributed by atoms with Crippen LogP contribution in [0.25, 0.3) is 11.4 Å². The van der Waals surface area contributed by atoms with Crippen molar-refractivity contribution in [1.82, 2.24) is 15.5 Å². The molecule has 1 heterocycles. The summed E-state index contributed by atoms with van der Waals surface area (Å²) in [6.45, 7) is 0.512. The molecule has 0 spiro atoms. The third kappa shape index (κ3) is 3.74. The van der Waals surface area contributed by atoms with Gasteiger partial charge in [0.05, 0.1) is 6.10 Å². The van der Waals surface area contributed by atoms with Crippen LogP contribution in [0, 0.1) is 5.92 Å². The van der Waals surface area contributed by atoms with Gasteiger partial charge in [0.2, 0.25) is 11.7 Å². The summed E-state index contributed by atoms with van der Waals surface area (Å²) in [5, 5.41) is 17.0. The minimum Gasteiger partial charge on any atom is -0.393 e. The summed E-state index contributed by atoms with van der Waals surface area (Å²) >= 11 is 0. The molecule has 2 saturated carbocycles. The third-order valence-corrected chi connectivity index (χ3v) is 5.15. The molecular weight excluding hydrogens is 318 g/mol. The lowest BCUT2D eigenvalue weighted by Crippen LogP contribution is -2.36. The van der Waals surface area contributed by atoms with Crippen LogP contribution >= 0.6 is 0 Å². The zero-order valence-corrected chi connectivity index (χ0v) is 14.1. The number of rotatable bonds is 5. The van der Waals surface area contributed by atoms with Crippen molar-refractivity contribution in [2.75, 3.05) is 6.54 Å². The smallest absolute Gasteiger partial charge is 0.251 e. The lowest BCUT2D eigenvalue weighted by molar-refractivity contribution is 0.0663. The van der Waals surface area contributed by atoms with Crippen molar-refractivity contribution in [3.05, 3.63) is 35.7 Å². The van der Waals surface area contributed by atoms with Gasteiger partial charge in [-0.15, -0.1) is 0 Å². The van der Waals surface area contributed by atoms with Gasteiger partial charge in [-0.25, -0.2) is 0 Å². The van der Waals surface area contributed by atoms with Crippen LogP contribution in [0.1, 0.15) is 60.7 Å². The molecule has 2 fully saturated rings. The highest BCUT2D eigenvalue weighted by molar-refractivity contribution is 5.95. The summed E-state index contributed by atoms with van der Waals surface area (Å²) in [4.78, 5) is 16.9. The van der Waals surface area contributed by atoms with Crippen molar-refractivity contribution >= 4 is 5.91 Å². The summed E-state index contributed by atoms with van der Waals surface area (Å²) in [6.07, 6.45) is 5.90. The van der Waals surface area contributed by atoms with Crippen LogP contribution in [-0.4, -0.2) is 33.8 Å². The summed E-state index contributed by atoms with van der Waals surface area (Å²) in [6, 6.07) is 7.27. The second-order valence-corrected chi connectivity index (χ2v) is 7.13. The van der Waals surface area contributed by atoms with Gasteiger partial charge >= 0.3 is 0 Å². The van der Waals surface area contributed by atoms with Crippen LogP contribution in [-0.2, 0) is 0 Å². The van der Waals surface area contributed by atoms with E-state index in [0.717, 1.165) is 44.1 Å². The van der Waals surface area contributed by atoms with E-state index in [1.807, 2.05) is 12.1 Å².